The first-order valence-electron chi connectivity index (χ1n) is 6.81. The lowest BCUT2D eigenvalue weighted by Crippen LogP contribution is -2.07. The maximum atomic E-state index is 5.63. The molecular weight excluding hydrogens is 236 g/mol. The Bertz CT molecular complexity index is 513. The minimum atomic E-state index is 0.442. The number of nitrogen functional groups attached to an aromatic ring is 1. The molecular formula is C15H22N4. The van der Waals surface area contributed by atoms with E-state index in [1.807, 2.05) is 24.7 Å². The van der Waals surface area contributed by atoms with Gasteiger partial charge in [-0.3, -0.25) is 0 Å². The Kier molecular flexibility index (Phi) is 4.20. The molecule has 0 aliphatic carbocycles. The fourth-order valence-corrected chi connectivity index (χ4v) is 2.15. The lowest BCUT2D eigenvalue weighted by molar-refractivity contribution is 0.441. The van der Waals surface area contributed by atoms with E-state index in [1.165, 1.54) is 6.42 Å². The predicted octanol–water partition coefficient (Wildman–Crippen LogP) is 3.52. The highest BCUT2D eigenvalue weighted by Gasteiger charge is 2.11. The van der Waals surface area contributed by atoms with E-state index < -0.39 is 0 Å². The van der Waals surface area contributed by atoms with Crippen LogP contribution in [-0.4, -0.2) is 14.5 Å². The van der Waals surface area contributed by atoms with Gasteiger partial charge in [-0.05, 0) is 37.8 Å². The lowest BCUT2D eigenvalue weighted by atomic mass is 10.0. The van der Waals surface area contributed by atoms with Crippen LogP contribution in [0.3, 0.4) is 0 Å². The van der Waals surface area contributed by atoms with Crippen molar-refractivity contribution in [3.05, 3.63) is 30.9 Å². The molecule has 0 fully saturated rings. The Morgan fingerprint density at radius 1 is 1.16 bits per heavy atom. The second-order valence-electron chi connectivity index (χ2n) is 5.48. The molecule has 0 radical (unpaired) electrons. The Morgan fingerprint density at radius 3 is 2.58 bits per heavy atom. The third-order valence-corrected chi connectivity index (χ3v) is 3.38. The zero-order chi connectivity index (χ0) is 13.8. The molecule has 2 aromatic heterocycles. The topological polar surface area (TPSA) is 56.7 Å². The summed E-state index contributed by atoms with van der Waals surface area (Å²) >= 11 is 0. The summed E-state index contributed by atoms with van der Waals surface area (Å²) in [5.41, 5.74) is 7.78. The van der Waals surface area contributed by atoms with Gasteiger partial charge in [0.1, 0.15) is 5.82 Å². The largest absolute Gasteiger partial charge is 0.384 e. The zero-order valence-corrected chi connectivity index (χ0v) is 11.9. The van der Waals surface area contributed by atoms with Gasteiger partial charge >= 0.3 is 0 Å². The van der Waals surface area contributed by atoms with Crippen molar-refractivity contribution in [3.8, 4) is 11.3 Å². The van der Waals surface area contributed by atoms with Crippen LogP contribution in [-0.2, 0) is 0 Å². The number of hydrogen-bond donors (Lipinski definition) is 1. The molecule has 102 valence electrons. The molecule has 1 unspecified atom stereocenters. The normalized spacial score (nSPS) is 12.8. The molecule has 0 aliphatic heterocycles. The summed E-state index contributed by atoms with van der Waals surface area (Å²) in [5, 5.41) is 0. The highest BCUT2D eigenvalue weighted by Crippen LogP contribution is 2.25. The van der Waals surface area contributed by atoms with Crippen molar-refractivity contribution in [3.63, 3.8) is 0 Å². The number of pyridine rings is 1. The molecule has 0 amide bonds. The summed E-state index contributed by atoms with van der Waals surface area (Å²) in [5.74, 6) is 1.27. The van der Waals surface area contributed by atoms with Crippen LogP contribution in [0.25, 0.3) is 11.3 Å². The Morgan fingerprint density at radius 2 is 1.95 bits per heavy atom. The summed E-state index contributed by atoms with van der Waals surface area (Å²) in [6.45, 7) is 6.75. The summed E-state index contributed by atoms with van der Waals surface area (Å²) in [6, 6.07) is 4.26. The maximum absolute atomic E-state index is 5.63. The van der Waals surface area contributed by atoms with E-state index in [2.05, 4.69) is 35.3 Å². The van der Waals surface area contributed by atoms with Crippen LogP contribution < -0.4 is 5.73 Å². The minimum absolute atomic E-state index is 0.442. The van der Waals surface area contributed by atoms with Crippen molar-refractivity contribution < 1.29 is 0 Å². The molecule has 19 heavy (non-hydrogen) atoms. The lowest BCUT2D eigenvalue weighted by Gasteiger charge is -2.17. The van der Waals surface area contributed by atoms with E-state index in [4.69, 9.17) is 5.73 Å². The summed E-state index contributed by atoms with van der Waals surface area (Å²) in [7, 11) is 0. The second kappa shape index (κ2) is 5.87. The van der Waals surface area contributed by atoms with E-state index in [0.29, 0.717) is 11.9 Å². The van der Waals surface area contributed by atoms with E-state index in [1.54, 1.807) is 6.20 Å². The Hall–Kier alpha value is -1.84. The number of aromatic nitrogens is 3. The van der Waals surface area contributed by atoms with Gasteiger partial charge in [0, 0.05) is 17.8 Å². The average molecular weight is 258 g/mol. The molecule has 0 saturated carbocycles. The van der Waals surface area contributed by atoms with Gasteiger partial charge in [-0.2, -0.15) is 0 Å². The highest BCUT2D eigenvalue weighted by atomic mass is 15.1. The molecule has 2 N–H and O–H groups in total. The highest BCUT2D eigenvalue weighted by molar-refractivity contribution is 5.59. The number of rotatable bonds is 5. The number of nitrogens with two attached hydrogens (primary N) is 1. The Balaban J connectivity index is 2.19. The van der Waals surface area contributed by atoms with Crippen LogP contribution in [0, 0.1) is 5.92 Å². The first-order valence-corrected chi connectivity index (χ1v) is 6.81. The first-order chi connectivity index (χ1) is 9.08. The van der Waals surface area contributed by atoms with Gasteiger partial charge in [-0.15, -0.1) is 0 Å². The fourth-order valence-electron chi connectivity index (χ4n) is 2.15. The summed E-state index contributed by atoms with van der Waals surface area (Å²) < 4.78 is 2.22. The third-order valence-electron chi connectivity index (χ3n) is 3.38. The van der Waals surface area contributed by atoms with E-state index in [9.17, 15) is 0 Å². The molecule has 2 aromatic rings. The second-order valence-corrected chi connectivity index (χ2v) is 5.48. The summed E-state index contributed by atoms with van der Waals surface area (Å²) in [6.07, 6.45) is 7.97. The van der Waals surface area contributed by atoms with E-state index in [-0.39, 0.29) is 0 Å². The van der Waals surface area contributed by atoms with Gasteiger partial charge in [-0.25, -0.2) is 9.97 Å². The van der Waals surface area contributed by atoms with Crippen molar-refractivity contribution in [2.24, 2.45) is 5.92 Å². The molecule has 0 saturated heterocycles. The van der Waals surface area contributed by atoms with Crippen LogP contribution in [0.2, 0.25) is 0 Å². The zero-order valence-electron chi connectivity index (χ0n) is 11.9. The number of anilines is 1. The van der Waals surface area contributed by atoms with Crippen molar-refractivity contribution in [1.82, 2.24) is 14.5 Å². The minimum Gasteiger partial charge on any atom is -0.384 e. The van der Waals surface area contributed by atoms with Gasteiger partial charge in [0.25, 0.3) is 0 Å². The maximum Gasteiger partial charge on any atom is 0.123 e. The van der Waals surface area contributed by atoms with Crippen LogP contribution in [0.1, 0.15) is 39.7 Å². The molecule has 1 atom stereocenters. The molecule has 0 bridgehead atoms. The average Bonchev–Trinajstić information content (AvgIpc) is 2.86. The van der Waals surface area contributed by atoms with Crippen molar-refractivity contribution >= 4 is 5.82 Å². The molecule has 0 aliphatic rings. The number of nitrogens with zero attached hydrogens (tertiary/aromatic N) is 3. The fraction of sp³-hybridized carbons (Fsp3) is 0.467. The number of imidazole rings is 1. The van der Waals surface area contributed by atoms with Crippen LogP contribution in [0.5, 0.6) is 0 Å². The molecule has 4 nitrogen and oxygen atoms in total. The van der Waals surface area contributed by atoms with Gasteiger partial charge in [-0.1, -0.05) is 13.8 Å². The molecule has 2 rings (SSSR count). The van der Waals surface area contributed by atoms with Crippen molar-refractivity contribution in [2.75, 3.05) is 5.73 Å². The summed E-state index contributed by atoms with van der Waals surface area (Å²) in [4.78, 5) is 8.42. The quantitative estimate of drug-likeness (QED) is 0.892. The van der Waals surface area contributed by atoms with Gasteiger partial charge in [0.2, 0.25) is 0 Å². The molecule has 0 aromatic carbocycles. The smallest absolute Gasteiger partial charge is 0.123 e. The molecule has 0 spiro atoms. The van der Waals surface area contributed by atoms with Crippen LogP contribution >= 0.6 is 0 Å². The van der Waals surface area contributed by atoms with Crippen LogP contribution in [0.15, 0.2) is 30.9 Å². The first kappa shape index (κ1) is 13.6. The standard InChI is InChI=1S/C15H22N4/c1-11(2)4-5-12(3)19-10-17-9-14(19)13-6-7-15(16)18-8-13/h6-12H,4-5H2,1-3H3,(H2,16,18). The predicted molar refractivity (Wildman–Crippen MR) is 78.7 cm³/mol. The Labute approximate surface area is 114 Å². The van der Waals surface area contributed by atoms with Gasteiger partial charge < -0.3 is 10.3 Å². The van der Waals surface area contributed by atoms with E-state index >= 15 is 0 Å². The molecule has 4 heteroatoms. The van der Waals surface area contributed by atoms with Crippen molar-refractivity contribution in [2.45, 2.75) is 39.7 Å². The van der Waals surface area contributed by atoms with E-state index in [0.717, 1.165) is 23.6 Å². The van der Waals surface area contributed by atoms with Crippen LogP contribution in [0.4, 0.5) is 5.82 Å². The number of hydrogen-bond acceptors (Lipinski definition) is 3. The van der Waals surface area contributed by atoms with Crippen molar-refractivity contribution in [1.29, 1.82) is 0 Å². The van der Waals surface area contributed by atoms with Gasteiger partial charge in [0.15, 0.2) is 0 Å². The third kappa shape index (κ3) is 3.34. The van der Waals surface area contributed by atoms with Gasteiger partial charge in [0.05, 0.1) is 18.2 Å². The SMILES string of the molecule is CC(C)CCC(C)n1cncc1-c1ccc(N)nc1. The monoisotopic (exact) mass is 258 g/mol. The molecule has 2 heterocycles.